The van der Waals surface area contributed by atoms with Crippen LogP contribution >= 0.6 is 0 Å². The second-order valence-corrected chi connectivity index (χ2v) is 4.93. The molecule has 1 aliphatic carbocycles. The molecule has 0 unspecified atom stereocenters. The van der Waals surface area contributed by atoms with Gasteiger partial charge in [-0.3, -0.25) is 4.79 Å². The van der Waals surface area contributed by atoms with Gasteiger partial charge in [0.05, 0.1) is 6.33 Å². The third-order valence-corrected chi connectivity index (χ3v) is 3.37. The molecule has 0 amide bonds. The molecule has 18 heavy (non-hydrogen) atoms. The highest BCUT2D eigenvalue weighted by Crippen LogP contribution is 2.32. The van der Waals surface area contributed by atoms with E-state index in [9.17, 15) is 4.79 Å². The summed E-state index contributed by atoms with van der Waals surface area (Å²) in [5, 5.41) is 0. The Balaban J connectivity index is 1.52. The summed E-state index contributed by atoms with van der Waals surface area (Å²) in [4.78, 5) is 15.9. The Morgan fingerprint density at radius 2 is 2.11 bits per heavy atom. The predicted octanol–water partition coefficient (Wildman–Crippen LogP) is 2.37. The molecule has 0 aliphatic heterocycles. The number of hydrogen-bond acceptors (Lipinski definition) is 2. The van der Waals surface area contributed by atoms with Crippen LogP contribution in [0.4, 0.5) is 0 Å². The van der Waals surface area contributed by atoms with Crippen LogP contribution in [0.2, 0.25) is 0 Å². The van der Waals surface area contributed by atoms with Gasteiger partial charge in [-0.1, -0.05) is 0 Å². The second-order valence-electron chi connectivity index (χ2n) is 4.93. The number of imidazole rings is 1. The molecule has 0 N–H and O–H groups in total. The van der Waals surface area contributed by atoms with Crippen LogP contribution in [0.1, 0.15) is 29.6 Å². The first kappa shape index (κ1) is 11.3. The van der Waals surface area contributed by atoms with Crippen molar-refractivity contribution in [2.75, 3.05) is 0 Å². The highest BCUT2D eigenvalue weighted by Gasteiger charge is 2.30. The quantitative estimate of drug-likeness (QED) is 0.731. The first-order chi connectivity index (χ1) is 8.83. The SMILES string of the molecule is O=C(c1ccn(CCCn2ccnc2)c1)C1CC1. The molecule has 1 saturated carbocycles. The van der Waals surface area contributed by atoms with Crippen LogP contribution in [0.25, 0.3) is 0 Å². The Morgan fingerprint density at radius 3 is 2.83 bits per heavy atom. The van der Waals surface area contributed by atoms with Gasteiger partial charge in [-0.2, -0.15) is 0 Å². The number of rotatable bonds is 6. The molecule has 2 aromatic rings. The number of aryl methyl sites for hydroxylation is 2. The molecule has 94 valence electrons. The molecule has 3 rings (SSSR count). The van der Waals surface area contributed by atoms with Crippen LogP contribution < -0.4 is 0 Å². The summed E-state index contributed by atoms with van der Waals surface area (Å²) in [5.41, 5.74) is 0.875. The van der Waals surface area contributed by atoms with Gasteiger partial charge in [0.15, 0.2) is 5.78 Å². The van der Waals surface area contributed by atoms with Crippen LogP contribution in [0, 0.1) is 5.92 Å². The lowest BCUT2D eigenvalue weighted by molar-refractivity contribution is 0.0967. The number of Topliss-reactive ketones (excluding diaryl/α,β-unsaturated/α-hetero) is 1. The molecule has 0 radical (unpaired) electrons. The van der Waals surface area contributed by atoms with Crippen molar-refractivity contribution in [3.63, 3.8) is 0 Å². The van der Waals surface area contributed by atoms with Gasteiger partial charge in [0.1, 0.15) is 0 Å². The van der Waals surface area contributed by atoms with Crippen LogP contribution in [0.15, 0.2) is 37.2 Å². The van der Waals surface area contributed by atoms with Gasteiger partial charge in [-0.15, -0.1) is 0 Å². The van der Waals surface area contributed by atoms with Gasteiger partial charge >= 0.3 is 0 Å². The maximum absolute atomic E-state index is 11.9. The highest BCUT2D eigenvalue weighted by molar-refractivity contribution is 5.99. The van der Waals surface area contributed by atoms with Crippen molar-refractivity contribution < 1.29 is 4.79 Å². The topological polar surface area (TPSA) is 39.8 Å². The Bertz CT molecular complexity index is 523. The molecule has 4 nitrogen and oxygen atoms in total. The van der Waals surface area contributed by atoms with E-state index in [2.05, 4.69) is 14.1 Å². The highest BCUT2D eigenvalue weighted by atomic mass is 16.1. The van der Waals surface area contributed by atoms with Crippen molar-refractivity contribution in [3.8, 4) is 0 Å². The van der Waals surface area contributed by atoms with Gasteiger partial charge in [-0.25, -0.2) is 4.98 Å². The van der Waals surface area contributed by atoms with E-state index >= 15 is 0 Å². The van der Waals surface area contributed by atoms with Gasteiger partial charge in [0.2, 0.25) is 0 Å². The van der Waals surface area contributed by atoms with E-state index in [0.29, 0.717) is 11.7 Å². The van der Waals surface area contributed by atoms with Crippen molar-refractivity contribution in [2.24, 2.45) is 5.92 Å². The Morgan fingerprint density at radius 1 is 1.28 bits per heavy atom. The van der Waals surface area contributed by atoms with Crippen molar-refractivity contribution >= 4 is 5.78 Å². The van der Waals surface area contributed by atoms with Crippen LogP contribution in [0.5, 0.6) is 0 Å². The molecule has 0 bridgehead atoms. The van der Waals surface area contributed by atoms with E-state index in [1.165, 1.54) is 0 Å². The first-order valence-electron chi connectivity index (χ1n) is 6.48. The standard InChI is InChI=1S/C14H17N3O/c18-14(12-2-3-12)13-4-8-16(10-13)6-1-7-17-9-5-15-11-17/h4-5,8-12H,1-3,6-7H2. The number of hydrogen-bond donors (Lipinski definition) is 0. The lowest BCUT2D eigenvalue weighted by atomic mass is 10.1. The average molecular weight is 243 g/mol. The molecule has 4 heteroatoms. The van der Waals surface area contributed by atoms with Gasteiger partial charge in [0, 0.05) is 49.4 Å². The van der Waals surface area contributed by atoms with Crippen LogP contribution in [-0.4, -0.2) is 19.9 Å². The minimum atomic E-state index is 0.312. The first-order valence-corrected chi connectivity index (χ1v) is 6.48. The largest absolute Gasteiger partial charge is 0.353 e. The lowest BCUT2D eigenvalue weighted by Gasteiger charge is -2.03. The summed E-state index contributed by atoms with van der Waals surface area (Å²) < 4.78 is 4.17. The minimum Gasteiger partial charge on any atom is -0.353 e. The van der Waals surface area contributed by atoms with Crippen LogP contribution in [-0.2, 0) is 13.1 Å². The number of ketones is 1. The summed E-state index contributed by atoms with van der Waals surface area (Å²) in [7, 11) is 0. The fraction of sp³-hybridized carbons (Fsp3) is 0.429. The fourth-order valence-electron chi connectivity index (χ4n) is 2.16. The van der Waals surface area contributed by atoms with E-state index in [0.717, 1.165) is 37.9 Å². The van der Waals surface area contributed by atoms with Crippen molar-refractivity contribution in [3.05, 3.63) is 42.7 Å². The molecule has 0 atom stereocenters. The molecule has 1 aliphatic rings. The monoisotopic (exact) mass is 243 g/mol. The summed E-state index contributed by atoms with van der Waals surface area (Å²) in [6, 6.07) is 1.94. The number of aromatic nitrogens is 3. The van der Waals surface area contributed by atoms with Gasteiger partial charge in [-0.05, 0) is 25.3 Å². The normalized spacial score (nSPS) is 14.9. The van der Waals surface area contributed by atoms with E-state index in [1.807, 2.05) is 31.0 Å². The number of carbonyl (C=O) groups is 1. The zero-order valence-electron chi connectivity index (χ0n) is 10.3. The fourth-order valence-corrected chi connectivity index (χ4v) is 2.16. The van der Waals surface area contributed by atoms with Crippen LogP contribution in [0.3, 0.4) is 0 Å². The van der Waals surface area contributed by atoms with E-state index in [-0.39, 0.29) is 0 Å². The molecule has 2 aromatic heterocycles. The molecular formula is C14H17N3O. The van der Waals surface area contributed by atoms with Gasteiger partial charge in [0.25, 0.3) is 0 Å². The lowest BCUT2D eigenvalue weighted by Crippen LogP contribution is -2.02. The Labute approximate surface area is 106 Å². The van der Waals surface area contributed by atoms with E-state index < -0.39 is 0 Å². The summed E-state index contributed by atoms with van der Waals surface area (Å²) >= 11 is 0. The third-order valence-electron chi connectivity index (χ3n) is 3.37. The van der Waals surface area contributed by atoms with Crippen molar-refractivity contribution in [1.29, 1.82) is 0 Å². The minimum absolute atomic E-state index is 0.312. The van der Waals surface area contributed by atoms with Crippen molar-refractivity contribution in [1.82, 2.24) is 14.1 Å². The zero-order chi connectivity index (χ0) is 12.4. The van der Waals surface area contributed by atoms with Crippen molar-refractivity contribution in [2.45, 2.75) is 32.4 Å². The summed E-state index contributed by atoms with van der Waals surface area (Å²) in [6.45, 7) is 1.90. The molecule has 2 heterocycles. The molecular weight excluding hydrogens is 226 g/mol. The third kappa shape index (κ3) is 2.53. The second kappa shape index (κ2) is 4.80. The molecule has 0 aromatic carbocycles. The molecule has 0 spiro atoms. The maximum atomic E-state index is 11.9. The average Bonchev–Trinajstić information content (AvgIpc) is 2.90. The Kier molecular flexibility index (Phi) is 3.00. The maximum Gasteiger partial charge on any atom is 0.167 e. The molecule has 0 saturated heterocycles. The summed E-state index contributed by atoms with van der Waals surface area (Å²) in [6.07, 6.45) is 12.8. The number of carbonyl (C=O) groups excluding carboxylic acids is 1. The van der Waals surface area contributed by atoms with Gasteiger partial charge < -0.3 is 9.13 Å². The van der Waals surface area contributed by atoms with E-state index in [1.54, 1.807) is 6.20 Å². The number of nitrogens with zero attached hydrogens (tertiary/aromatic N) is 3. The van der Waals surface area contributed by atoms with E-state index in [4.69, 9.17) is 0 Å². The molecule has 1 fully saturated rings. The summed E-state index contributed by atoms with van der Waals surface area (Å²) in [5.74, 6) is 0.634. The zero-order valence-corrected chi connectivity index (χ0v) is 10.3. The smallest absolute Gasteiger partial charge is 0.167 e. The Hall–Kier alpha value is -1.84. The predicted molar refractivity (Wildman–Crippen MR) is 68.3 cm³/mol.